The number of hydrogen-bond donors (Lipinski definition) is 0. The Bertz CT molecular complexity index is 659. The third-order valence-electron chi connectivity index (χ3n) is 2.94. The summed E-state index contributed by atoms with van der Waals surface area (Å²) in [6.45, 7) is 3.94. The third kappa shape index (κ3) is 3.61. The van der Waals surface area contributed by atoms with Gasteiger partial charge < -0.3 is 0 Å². The van der Waals surface area contributed by atoms with Crippen LogP contribution in [-0.4, -0.2) is 8.42 Å². The molecule has 0 radical (unpaired) electrons. The van der Waals surface area contributed by atoms with Crippen molar-refractivity contribution in [1.82, 2.24) is 0 Å². The third-order valence-corrected chi connectivity index (χ3v) is 6.39. The lowest BCUT2D eigenvalue weighted by Crippen LogP contribution is -1.97. The summed E-state index contributed by atoms with van der Waals surface area (Å²) in [4.78, 5) is 0.372. The fourth-order valence-electron chi connectivity index (χ4n) is 1.69. The van der Waals surface area contributed by atoms with Crippen LogP contribution >= 0.6 is 10.8 Å². The molecule has 0 unspecified atom stereocenters. The molecule has 0 aliphatic heterocycles. The Morgan fingerprint density at radius 1 is 0.947 bits per heavy atom. The van der Waals surface area contributed by atoms with Crippen LogP contribution in [0.4, 0.5) is 0 Å². The van der Waals surface area contributed by atoms with E-state index in [2.05, 4.69) is 0 Å². The maximum Gasteiger partial charge on any atom is 0.230 e. The molecular weight excluding hydrogens is 276 g/mol. The molecule has 100 valence electrons. The van der Waals surface area contributed by atoms with Gasteiger partial charge in [0.1, 0.15) is 0 Å². The fraction of sp³-hybridized carbons (Fsp3) is 0.200. The highest BCUT2D eigenvalue weighted by Crippen LogP contribution is 2.27. The molecule has 0 heterocycles. The van der Waals surface area contributed by atoms with E-state index in [0.29, 0.717) is 10.6 Å². The molecule has 0 N–H and O–H groups in total. The van der Waals surface area contributed by atoms with E-state index in [1.165, 1.54) is 0 Å². The van der Waals surface area contributed by atoms with Gasteiger partial charge in [0.25, 0.3) is 0 Å². The van der Waals surface area contributed by atoms with Crippen molar-refractivity contribution in [2.45, 2.75) is 24.5 Å². The zero-order valence-corrected chi connectivity index (χ0v) is 12.6. The highest BCUT2D eigenvalue weighted by atomic mass is 33.1. The van der Waals surface area contributed by atoms with Crippen molar-refractivity contribution < 1.29 is 8.42 Å². The van der Waals surface area contributed by atoms with E-state index >= 15 is 0 Å². The average molecular weight is 292 g/mol. The van der Waals surface area contributed by atoms with Crippen LogP contribution in [0.5, 0.6) is 0 Å². The minimum atomic E-state index is -3.28. The summed E-state index contributed by atoms with van der Waals surface area (Å²) in [5, 5.41) is 0. The molecule has 0 amide bonds. The summed E-state index contributed by atoms with van der Waals surface area (Å²) in [5.74, 6) is 0.475. The lowest BCUT2D eigenvalue weighted by molar-refractivity contribution is 0.610. The van der Waals surface area contributed by atoms with Crippen LogP contribution in [0.3, 0.4) is 0 Å². The van der Waals surface area contributed by atoms with Crippen LogP contribution in [-0.2, 0) is 14.6 Å². The van der Waals surface area contributed by atoms with Crippen LogP contribution in [0.2, 0.25) is 0 Å². The quantitative estimate of drug-likeness (QED) is 0.801. The number of hydrogen-bond acceptors (Lipinski definition) is 3. The van der Waals surface area contributed by atoms with Crippen LogP contribution < -0.4 is 0 Å². The SMILES string of the molecule is Cc1ccc(S(=O)(=O)SCc2ccccc2C)cc1. The van der Waals surface area contributed by atoms with Crippen molar-refractivity contribution in [2.75, 3.05) is 0 Å². The van der Waals surface area contributed by atoms with E-state index in [9.17, 15) is 8.42 Å². The van der Waals surface area contributed by atoms with Gasteiger partial charge in [-0.15, -0.1) is 0 Å². The predicted molar refractivity (Wildman–Crippen MR) is 80.8 cm³/mol. The van der Waals surface area contributed by atoms with Crippen LogP contribution in [0.1, 0.15) is 16.7 Å². The van der Waals surface area contributed by atoms with Gasteiger partial charge >= 0.3 is 0 Å². The average Bonchev–Trinajstić information content (AvgIpc) is 2.38. The number of rotatable bonds is 4. The van der Waals surface area contributed by atoms with Crippen LogP contribution in [0, 0.1) is 13.8 Å². The maximum atomic E-state index is 12.2. The standard InChI is InChI=1S/C15H16O2S2/c1-12-7-9-15(10-8-12)19(16,17)18-11-14-6-4-3-5-13(14)2/h3-10H,11H2,1-2H3. The Labute approximate surface area is 118 Å². The molecule has 0 aliphatic rings. The van der Waals surface area contributed by atoms with Crippen molar-refractivity contribution in [3.63, 3.8) is 0 Å². The molecule has 0 saturated carbocycles. The molecule has 2 nitrogen and oxygen atoms in total. The second-order valence-corrected chi connectivity index (χ2v) is 8.38. The molecule has 0 spiro atoms. The minimum Gasteiger partial charge on any atom is -0.212 e. The topological polar surface area (TPSA) is 34.1 Å². The van der Waals surface area contributed by atoms with Gasteiger partial charge in [-0.1, -0.05) is 42.0 Å². The van der Waals surface area contributed by atoms with Gasteiger partial charge in [0.05, 0.1) is 4.90 Å². The predicted octanol–water partition coefficient (Wildman–Crippen LogP) is 3.93. The molecule has 2 rings (SSSR count). The molecule has 0 aliphatic carbocycles. The summed E-state index contributed by atoms with van der Waals surface area (Å²) in [6.07, 6.45) is 0. The van der Waals surface area contributed by atoms with Gasteiger partial charge in [0, 0.05) is 5.75 Å². The lowest BCUT2D eigenvalue weighted by Gasteiger charge is -2.06. The second kappa shape index (κ2) is 5.80. The molecule has 2 aromatic rings. The molecule has 0 atom stereocenters. The highest BCUT2D eigenvalue weighted by molar-refractivity contribution is 8.71. The van der Waals surface area contributed by atoms with Gasteiger partial charge in [-0.3, -0.25) is 0 Å². The van der Waals surface area contributed by atoms with Gasteiger partial charge in [-0.25, -0.2) is 8.42 Å². The first-order valence-corrected chi connectivity index (χ1v) is 8.98. The van der Waals surface area contributed by atoms with E-state index in [1.807, 2.05) is 50.2 Å². The summed E-state index contributed by atoms with van der Waals surface area (Å²) in [6, 6.07) is 14.8. The van der Waals surface area contributed by atoms with E-state index in [4.69, 9.17) is 0 Å². The van der Waals surface area contributed by atoms with Crippen molar-refractivity contribution in [2.24, 2.45) is 0 Å². The fourth-order valence-corrected chi connectivity index (χ4v) is 4.49. The van der Waals surface area contributed by atoms with Crippen LogP contribution in [0.15, 0.2) is 53.4 Å². The van der Waals surface area contributed by atoms with Crippen molar-refractivity contribution in [3.05, 3.63) is 65.2 Å². The zero-order valence-electron chi connectivity index (χ0n) is 11.0. The zero-order chi connectivity index (χ0) is 13.9. The summed E-state index contributed by atoms with van der Waals surface area (Å²) in [7, 11) is -2.30. The molecule has 0 aromatic heterocycles. The number of benzene rings is 2. The molecule has 19 heavy (non-hydrogen) atoms. The first-order chi connectivity index (χ1) is 8.99. The first kappa shape index (κ1) is 14.2. The molecule has 0 bridgehead atoms. The van der Waals surface area contributed by atoms with E-state index in [1.54, 1.807) is 12.1 Å². The minimum absolute atomic E-state index is 0.372. The van der Waals surface area contributed by atoms with E-state index in [-0.39, 0.29) is 0 Å². The lowest BCUT2D eigenvalue weighted by atomic mass is 10.1. The van der Waals surface area contributed by atoms with Crippen molar-refractivity contribution >= 4 is 19.7 Å². The largest absolute Gasteiger partial charge is 0.230 e. The summed E-state index contributed by atoms with van der Waals surface area (Å²) in [5.41, 5.74) is 3.24. The summed E-state index contributed by atoms with van der Waals surface area (Å²) >= 11 is 0. The number of aryl methyl sites for hydroxylation is 2. The Balaban J connectivity index is 2.14. The monoisotopic (exact) mass is 292 g/mol. The molecule has 2 aromatic carbocycles. The van der Waals surface area contributed by atoms with E-state index < -0.39 is 8.87 Å². The molecule has 0 saturated heterocycles. The van der Waals surface area contributed by atoms with Gasteiger partial charge in [0.15, 0.2) is 0 Å². The molecule has 0 fully saturated rings. The second-order valence-electron chi connectivity index (χ2n) is 4.46. The van der Waals surface area contributed by atoms with Gasteiger partial charge in [-0.05, 0) is 47.9 Å². The normalized spacial score (nSPS) is 11.5. The Morgan fingerprint density at radius 2 is 1.58 bits per heavy atom. The van der Waals surface area contributed by atoms with Crippen molar-refractivity contribution in [3.8, 4) is 0 Å². The molecule has 4 heteroatoms. The van der Waals surface area contributed by atoms with Gasteiger partial charge in [0.2, 0.25) is 8.87 Å². The highest BCUT2D eigenvalue weighted by Gasteiger charge is 2.15. The summed E-state index contributed by atoms with van der Waals surface area (Å²) < 4.78 is 24.4. The van der Waals surface area contributed by atoms with Gasteiger partial charge in [-0.2, -0.15) is 0 Å². The maximum absolute atomic E-state index is 12.2. The van der Waals surface area contributed by atoms with E-state index in [0.717, 1.165) is 27.5 Å². The Kier molecular flexibility index (Phi) is 4.32. The molecular formula is C15H16O2S2. The Hall–Kier alpha value is -1.26. The van der Waals surface area contributed by atoms with Crippen molar-refractivity contribution in [1.29, 1.82) is 0 Å². The smallest absolute Gasteiger partial charge is 0.212 e. The van der Waals surface area contributed by atoms with Crippen LogP contribution in [0.25, 0.3) is 0 Å². The Morgan fingerprint density at radius 3 is 2.21 bits per heavy atom. The first-order valence-electron chi connectivity index (χ1n) is 6.00.